The first-order chi connectivity index (χ1) is 8.86. The van der Waals surface area contributed by atoms with Crippen LogP contribution in [-0.2, 0) is 0 Å². The zero-order chi connectivity index (χ0) is 12.8. The van der Waals surface area contributed by atoms with E-state index in [0.29, 0.717) is 5.71 Å². The molecule has 0 saturated heterocycles. The molecule has 18 heavy (non-hydrogen) atoms. The minimum absolute atomic E-state index is 0.0927. The van der Waals surface area contributed by atoms with Gasteiger partial charge in [-0.25, -0.2) is 9.67 Å². The fourth-order valence-electron chi connectivity index (χ4n) is 1.97. The van der Waals surface area contributed by atoms with E-state index >= 15 is 0 Å². The molecule has 2 rings (SSSR count). The molecule has 0 bridgehead atoms. The Morgan fingerprint density at radius 1 is 1.39 bits per heavy atom. The number of aromatic nitrogens is 3. The summed E-state index contributed by atoms with van der Waals surface area (Å²) < 4.78 is 1.73. The normalized spacial score (nSPS) is 13.5. The van der Waals surface area contributed by atoms with E-state index < -0.39 is 0 Å². The lowest BCUT2D eigenvalue weighted by molar-refractivity contribution is 0.313. The molecule has 0 aliphatic heterocycles. The standard InChI is InChI=1S/C13H16N4O/c1-2-6-12(17-10-14-9-15-17)13(16-18)11-7-4-3-5-8-11/h3-5,7-10,12,18H,2,6H2,1H3/b16-13-/t12-/m0/s1. The predicted octanol–water partition coefficient (Wildman–Crippen LogP) is 2.50. The highest BCUT2D eigenvalue weighted by Crippen LogP contribution is 2.19. The Kier molecular flexibility index (Phi) is 4.06. The summed E-state index contributed by atoms with van der Waals surface area (Å²) >= 11 is 0. The fraction of sp³-hybridized carbons (Fsp3) is 0.308. The van der Waals surface area contributed by atoms with Crippen LogP contribution in [0.2, 0.25) is 0 Å². The Morgan fingerprint density at radius 3 is 2.72 bits per heavy atom. The third kappa shape index (κ3) is 2.56. The van der Waals surface area contributed by atoms with Crippen LogP contribution in [0.5, 0.6) is 0 Å². The average Bonchev–Trinajstić information content (AvgIpc) is 2.93. The van der Waals surface area contributed by atoms with Crippen LogP contribution >= 0.6 is 0 Å². The minimum Gasteiger partial charge on any atom is -0.411 e. The van der Waals surface area contributed by atoms with E-state index in [9.17, 15) is 5.21 Å². The topological polar surface area (TPSA) is 63.3 Å². The first kappa shape index (κ1) is 12.3. The summed E-state index contributed by atoms with van der Waals surface area (Å²) in [4.78, 5) is 3.95. The maximum Gasteiger partial charge on any atom is 0.137 e. The molecule has 0 radical (unpaired) electrons. The van der Waals surface area contributed by atoms with E-state index in [1.54, 1.807) is 11.0 Å². The molecule has 0 spiro atoms. The molecule has 94 valence electrons. The highest BCUT2D eigenvalue weighted by Gasteiger charge is 2.20. The lowest BCUT2D eigenvalue weighted by Gasteiger charge is -2.17. The largest absolute Gasteiger partial charge is 0.411 e. The van der Waals surface area contributed by atoms with Crippen molar-refractivity contribution in [2.24, 2.45) is 5.16 Å². The number of hydrogen-bond acceptors (Lipinski definition) is 4. The van der Waals surface area contributed by atoms with Gasteiger partial charge >= 0.3 is 0 Å². The van der Waals surface area contributed by atoms with Crippen molar-refractivity contribution >= 4 is 5.71 Å². The molecule has 5 nitrogen and oxygen atoms in total. The van der Waals surface area contributed by atoms with Crippen molar-refractivity contribution in [3.8, 4) is 0 Å². The summed E-state index contributed by atoms with van der Waals surface area (Å²) in [6, 6.07) is 9.53. The number of hydrogen-bond donors (Lipinski definition) is 1. The van der Waals surface area contributed by atoms with Gasteiger partial charge in [-0.1, -0.05) is 48.8 Å². The van der Waals surface area contributed by atoms with Gasteiger partial charge in [0.15, 0.2) is 0 Å². The Bertz CT molecular complexity index is 493. The highest BCUT2D eigenvalue weighted by atomic mass is 16.4. The van der Waals surface area contributed by atoms with Gasteiger partial charge in [0.2, 0.25) is 0 Å². The van der Waals surface area contributed by atoms with Gasteiger partial charge in [0.1, 0.15) is 18.4 Å². The zero-order valence-corrected chi connectivity index (χ0v) is 10.3. The van der Waals surface area contributed by atoms with Gasteiger partial charge in [0, 0.05) is 5.56 Å². The average molecular weight is 244 g/mol. The van der Waals surface area contributed by atoms with Crippen molar-refractivity contribution in [2.75, 3.05) is 0 Å². The van der Waals surface area contributed by atoms with Crippen LogP contribution < -0.4 is 0 Å². The Labute approximate surface area is 106 Å². The zero-order valence-electron chi connectivity index (χ0n) is 10.3. The van der Waals surface area contributed by atoms with Crippen molar-refractivity contribution in [2.45, 2.75) is 25.8 Å². The molecule has 0 unspecified atom stereocenters. The van der Waals surface area contributed by atoms with Crippen LogP contribution in [0.4, 0.5) is 0 Å². The lowest BCUT2D eigenvalue weighted by atomic mass is 10.00. The molecule has 5 heteroatoms. The monoisotopic (exact) mass is 244 g/mol. The fourth-order valence-corrected chi connectivity index (χ4v) is 1.97. The number of rotatable bonds is 5. The molecule has 1 heterocycles. The summed E-state index contributed by atoms with van der Waals surface area (Å²) in [5.41, 5.74) is 1.51. The van der Waals surface area contributed by atoms with E-state index in [2.05, 4.69) is 22.2 Å². The summed E-state index contributed by atoms with van der Waals surface area (Å²) in [5, 5.41) is 16.9. The quantitative estimate of drug-likeness (QED) is 0.499. The van der Waals surface area contributed by atoms with Crippen molar-refractivity contribution < 1.29 is 5.21 Å². The second kappa shape index (κ2) is 5.95. The Morgan fingerprint density at radius 2 is 2.17 bits per heavy atom. The second-order valence-electron chi connectivity index (χ2n) is 4.03. The molecule has 0 saturated carbocycles. The Hall–Kier alpha value is -2.17. The van der Waals surface area contributed by atoms with Crippen LogP contribution in [0.1, 0.15) is 31.4 Å². The molecule has 0 fully saturated rings. The van der Waals surface area contributed by atoms with Crippen molar-refractivity contribution in [3.05, 3.63) is 48.5 Å². The van der Waals surface area contributed by atoms with Crippen LogP contribution in [0, 0.1) is 0 Å². The summed E-state index contributed by atoms with van der Waals surface area (Å²) in [6.07, 6.45) is 4.95. The first-order valence-corrected chi connectivity index (χ1v) is 5.98. The number of nitrogens with zero attached hydrogens (tertiary/aromatic N) is 4. The van der Waals surface area contributed by atoms with E-state index in [-0.39, 0.29) is 6.04 Å². The summed E-state index contributed by atoms with van der Waals surface area (Å²) in [7, 11) is 0. The van der Waals surface area contributed by atoms with Gasteiger partial charge < -0.3 is 5.21 Å². The van der Waals surface area contributed by atoms with Gasteiger partial charge in [-0.3, -0.25) is 0 Å². The third-order valence-electron chi connectivity index (χ3n) is 2.81. The van der Waals surface area contributed by atoms with Crippen LogP contribution in [0.15, 0.2) is 48.1 Å². The van der Waals surface area contributed by atoms with E-state index in [1.165, 1.54) is 6.33 Å². The molecule has 0 amide bonds. The summed E-state index contributed by atoms with van der Waals surface area (Å²) in [5.74, 6) is 0. The molecule has 2 aromatic rings. The van der Waals surface area contributed by atoms with Gasteiger partial charge in [0.05, 0.1) is 6.04 Å². The van der Waals surface area contributed by atoms with Gasteiger partial charge in [-0.05, 0) is 6.42 Å². The van der Waals surface area contributed by atoms with E-state index in [4.69, 9.17) is 0 Å². The van der Waals surface area contributed by atoms with Crippen molar-refractivity contribution in [1.82, 2.24) is 14.8 Å². The van der Waals surface area contributed by atoms with Crippen molar-refractivity contribution in [1.29, 1.82) is 0 Å². The van der Waals surface area contributed by atoms with Gasteiger partial charge in [-0.2, -0.15) is 5.10 Å². The minimum atomic E-state index is -0.0927. The smallest absolute Gasteiger partial charge is 0.137 e. The molecule has 0 aliphatic rings. The molecular formula is C13H16N4O. The third-order valence-corrected chi connectivity index (χ3v) is 2.81. The molecule has 1 aromatic carbocycles. The maximum atomic E-state index is 9.30. The molecular weight excluding hydrogens is 228 g/mol. The van der Waals surface area contributed by atoms with Gasteiger partial charge in [0.25, 0.3) is 0 Å². The predicted molar refractivity (Wildman–Crippen MR) is 68.7 cm³/mol. The highest BCUT2D eigenvalue weighted by molar-refractivity contribution is 6.02. The summed E-state index contributed by atoms with van der Waals surface area (Å²) in [6.45, 7) is 2.09. The Balaban J connectivity index is 2.35. The van der Waals surface area contributed by atoms with Crippen LogP contribution in [0.25, 0.3) is 0 Å². The second-order valence-corrected chi connectivity index (χ2v) is 4.03. The van der Waals surface area contributed by atoms with E-state index in [1.807, 2.05) is 30.3 Å². The molecule has 1 atom stereocenters. The molecule has 0 aliphatic carbocycles. The van der Waals surface area contributed by atoms with Crippen molar-refractivity contribution in [3.63, 3.8) is 0 Å². The number of benzene rings is 1. The van der Waals surface area contributed by atoms with E-state index in [0.717, 1.165) is 18.4 Å². The number of oxime groups is 1. The van der Waals surface area contributed by atoms with Gasteiger partial charge in [-0.15, -0.1) is 0 Å². The van der Waals surface area contributed by atoms with Crippen LogP contribution in [0.3, 0.4) is 0 Å². The lowest BCUT2D eigenvalue weighted by Crippen LogP contribution is -2.21. The molecule has 1 aromatic heterocycles. The van der Waals surface area contributed by atoms with Crippen LogP contribution in [-0.4, -0.2) is 25.7 Å². The molecule has 1 N–H and O–H groups in total. The first-order valence-electron chi connectivity index (χ1n) is 5.98. The SMILES string of the molecule is CCC[C@@H](/C(=N\O)c1ccccc1)n1cncn1. The maximum absolute atomic E-state index is 9.30.